The maximum atomic E-state index is 13.2. The van der Waals surface area contributed by atoms with Crippen molar-refractivity contribution in [2.24, 2.45) is 0 Å². The molecule has 29 heavy (non-hydrogen) atoms. The third-order valence-electron chi connectivity index (χ3n) is 4.32. The third-order valence-corrected chi connectivity index (χ3v) is 4.32. The van der Waals surface area contributed by atoms with E-state index < -0.39 is 23.1 Å². The molecule has 0 saturated heterocycles. The van der Waals surface area contributed by atoms with Crippen LogP contribution in [0.15, 0.2) is 59.4 Å². The number of carbonyl (C=O) groups is 2. The highest BCUT2D eigenvalue weighted by molar-refractivity contribution is 6.11. The zero-order valence-corrected chi connectivity index (χ0v) is 15.6. The first-order valence-corrected chi connectivity index (χ1v) is 8.46. The fraction of sp³-hybridized carbons (Fsp3) is 0.0952. The van der Waals surface area contributed by atoms with Crippen molar-refractivity contribution in [2.75, 3.05) is 20.0 Å². The monoisotopic (exact) mass is 396 g/mol. The molecule has 2 N–H and O–H groups in total. The molecule has 0 aliphatic carbocycles. The molecule has 0 saturated carbocycles. The van der Waals surface area contributed by atoms with Gasteiger partial charge in [0.05, 0.1) is 31.0 Å². The van der Waals surface area contributed by atoms with Crippen molar-refractivity contribution >= 4 is 17.6 Å². The summed E-state index contributed by atoms with van der Waals surface area (Å²) in [4.78, 5) is 37.3. The number of hydrogen-bond donors (Lipinski definition) is 1. The van der Waals surface area contributed by atoms with Gasteiger partial charge in [0.1, 0.15) is 17.4 Å². The molecule has 0 spiro atoms. The maximum absolute atomic E-state index is 13.2. The lowest BCUT2D eigenvalue weighted by molar-refractivity contribution is 0.0600. The van der Waals surface area contributed by atoms with Crippen LogP contribution in [0.5, 0.6) is 5.75 Å². The Bertz CT molecular complexity index is 1150. The Kier molecular flexibility index (Phi) is 5.45. The Labute approximate surface area is 165 Å². The van der Waals surface area contributed by atoms with Gasteiger partial charge in [-0.25, -0.2) is 9.18 Å². The van der Waals surface area contributed by atoms with Gasteiger partial charge >= 0.3 is 5.97 Å². The summed E-state index contributed by atoms with van der Waals surface area (Å²) in [7, 11) is 2.63. The summed E-state index contributed by atoms with van der Waals surface area (Å²) >= 11 is 0. The predicted octanol–water partition coefficient (Wildman–Crippen LogP) is 2.59. The Balaban J connectivity index is 2.20. The first kappa shape index (κ1) is 19.8. The van der Waals surface area contributed by atoms with Crippen molar-refractivity contribution in [3.63, 3.8) is 0 Å². The Hall–Kier alpha value is -3.94. The molecule has 0 aliphatic rings. The molecule has 3 aromatic rings. The van der Waals surface area contributed by atoms with E-state index in [2.05, 4.69) is 0 Å². The summed E-state index contributed by atoms with van der Waals surface area (Å²) in [6.07, 6.45) is 0. The number of nitrogens with two attached hydrogens (primary N) is 1. The molecule has 0 unspecified atom stereocenters. The Morgan fingerprint density at radius 1 is 0.966 bits per heavy atom. The van der Waals surface area contributed by atoms with Crippen molar-refractivity contribution in [1.29, 1.82) is 0 Å². The summed E-state index contributed by atoms with van der Waals surface area (Å²) in [6.45, 7) is 0. The van der Waals surface area contributed by atoms with Crippen LogP contribution in [0, 0.1) is 5.82 Å². The summed E-state index contributed by atoms with van der Waals surface area (Å²) < 4.78 is 24.2. The normalized spacial score (nSPS) is 10.4. The summed E-state index contributed by atoms with van der Waals surface area (Å²) in [5.41, 5.74) is 6.23. The molecule has 0 amide bonds. The summed E-state index contributed by atoms with van der Waals surface area (Å²) in [5.74, 6) is -1.47. The third kappa shape index (κ3) is 3.73. The van der Waals surface area contributed by atoms with Crippen molar-refractivity contribution in [1.82, 2.24) is 4.57 Å². The molecule has 1 aromatic heterocycles. The number of esters is 1. The molecule has 0 atom stereocenters. The largest absolute Gasteiger partial charge is 0.495 e. The second-order valence-corrected chi connectivity index (χ2v) is 6.02. The highest BCUT2D eigenvalue weighted by Crippen LogP contribution is 2.27. The summed E-state index contributed by atoms with van der Waals surface area (Å²) in [6, 6.07) is 11.8. The maximum Gasteiger partial charge on any atom is 0.337 e. The fourth-order valence-corrected chi connectivity index (χ4v) is 2.86. The molecule has 0 aliphatic heterocycles. The van der Waals surface area contributed by atoms with Gasteiger partial charge in [0.15, 0.2) is 5.78 Å². The number of carbonyl (C=O) groups excluding carboxylic acids is 2. The van der Waals surface area contributed by atoms with E-state index in [4.69, 9.17) is 15.2 Å². The van der Waals surface area contributed by atoms with E-state index in [0.717, 1.165) is 16.7 Å². The van der Waals surface area contributed by atoms with Crippen LogP contribution in [-0.4, -0.2) is 30.5 Å². The average Bonchev–Trinajstić information content (AvgIpc) is 2.73. The van der Waals surface area contributed by atoms with E-state index in [9.17, 15) is 18.8 Å². The molecular weight excluding hydrogens is 379 g/mol. The van der Waals surface area contributed by atoms with Gasteiger partial charge in [0.2, 0.25) is 0 Å². The minimum atomic E-state index is -0.612. The average molecular weight is 396 g/mol. The number of halogens is 1. The molecule has 2 aromatic carbocycles. The fourth-order valence-electron chi connectivity index (χ4n) is 2.86. The molecule has 148 valence electrons. The van der Waals surface area contributed by atoms with Crippen LogP contribution >= 0.6 is 0 Å². The number of nitrogens with zero attached hydrogens (tertiary/aromatic N) is 1. The minimum Gasteiger partial charge on any atom is -0.495 e. The van der Waals surface area contributed by atoms with Crippen LogP contribution in [-0.2, 0) is 4.74 Å². The number of nitrogen functional groups attached to an aromatic ring is 1. The van der Waals surface area contributed by atoms with E-state index in [1.54, 1.807) is 0 Å². The smallest absolute Gasteiger partial charge is 0.337 e. The van der Waals surface area contributed by atoms with Gasteiger partial charge in [-0.15, -0.1) is 0 Å². The highest BCUT2D eigenvalue weighted by Gasteiger charge is 2.20. The van der Waals surface area contributed by atoms with Gasteiger partial charge in [0.25, 0.3) is 5.56 Å². The molecule has 0 bridgehead atoms. The minimum absolute atomic E-state index is 0.0433. The number of aromatic nitrogens is 1. The lowest BCUT2D eigenvalue weighted by atomic mass is 10.0. The number of ether oxygens (including phenoxy) is 2. The van der Waals surface area contributed by atoms with Crippen LogP contribution in [0.3, 0.4) is 0 Å². The van der Waals surface area contributed by atoms with E-state index in [0.29, 0.717) is 0 Å². The van der Waals surface area contributed by atoms with Crippen molar-refractivity contribution in [3.05, 3.63) is 87.5 Å². The van der Waals surface area contributed by atoms with Crippen molar-refractivity contribution < 1.29 is 23.5 Å². The lowest BCUT2D eigenvalue weighted by Crippen LogP contribution is -2.24. The molecule has 7 nitrogen and oxygen atoms in total. The molecule has 0 fully saturated rings. The number of hydrogen-bond acceptors (Lipinski definition) is 6. The first-order valence-electron chi connectivity index (χ1n) is 8.46. The van der Waals surface area contributed by atoms with E-state index in [-0.39, 0.29) is 33.9 Å². The Morgan fingerprint density at radius 3 is 2.24 bits per heavy atom. The number of anilines is 1. The van der Waals surface area contributed by atoms with Gasteiger partial charge < -0.3 is 15.2 Å². The zero-order chi connectivity index (χ0) is 21.1. The van der Waals surface area contributed by atoms with Crippen LogP contribution < -0.4 is 16.0 Å². The van der Waals surface area contributed by atoms with E-state index >= 15 is 0 Å². The molecule has 1 heterocycles. The van der Waals surface area contributed by atoms with Gasteiger partial charge in [-0.1, -0.05) is 0 Å². The second kappa shape index (κ2) is 7.97. The van der Waals surface area contributed by atoms with Crippen LogP contribution in [0.1, 0.15) is 26.3 Å². The molecule has 8 heteroatoms. The van der Waals surface area contributed by atoms with Crippen LogP contribution in [0.4, 0.5) is 10.2 Å². The van der Waals surface area contributed by atoms with Crippen molar-refractivity contribution in [3.8, 4) is 11.4 Å². The zero-order valence-electron chi connectivity index (χ0n) is 15.6. The standard InChI is InChI=1S/C21H17FN2O5/c1-28-17-9-5-13(21(27)29-2)11-16(17)24-18(25)10-8-15(20(24)23)19(26)12-3-6-14(22)7-4-12/h3-11H,23H2,1-2H3. The van der Waals surface area contributed by atoms with Gasteiger partial charge in [-0.2, -0.15) is 0 Å². The topological polar surface area (TPSA) is 101 Å². The molecule has 0 radical (unpaired) electrons. The lowest BCUT2D eigenvalue weighted by Gasteiger charge is -2.16. The van der Waals surface area contributed by atoms with E-state index in [1.807, 2.05) is 0 Å². The van der Waals surface area contributed by atoms with Crippen LogP contribution in [0.25, 0.3) is 5.69 Å². The summed E-state index contributed by atoms with van der Waals surface area (Å²) in [5, 5.41) is 0. The van der Waals surface area contributed by atoms with Crippen molar-refractivity contribution in [2.45, 2.75) is 0 Å². The van der Waals surface area contributed by atoms with E-state index in [1.165, 1.54) is 56.7 Å². The number of benzene rings is 2. The Morgan fingerprint density at radius 2 is 1.62 bits per heavy atom. The first-order chi connectivity index (χ1) is 13.9. The van der Waals surface area contributed by atoms with Gasteiger partial charge in [-0.3, -0.25) is 14.2 Å². The number of pyridine rings is 1. The van der Waals surface area contributed by atoms with Gasteiger partial charge in [0, 0.05) is 11.6 Å². The number of rotatable bonds is 5. The molecule has 3 rings (SSSR count). The predicted molar refractivity (Wildman–Crippen MR) is 104 cm³/mol. The SMILES string of the molecule is COC(=O)c1ccc(OC)c(-n2c(N)c(C(=O)c3ccc(F)cc3)ccc2=O)c1. The van der Waals surface area contributed by atoms with Crippen LogP contribution in [0.2, 0.25) is 0 Å². The molecular formula is C21H17FN2O5. The van der Waals surface area contributed by atoms with Gasteiger partial charge in [-0.05, 0) is 48.5 Å². The highest BCUT2D eigenvalue weighted by atomic mass is 19.1. The second-order valence-electron chi connectivity index (χ2n) is 6.02. The quantitative estimate of drug-likeness (QED) is 0.526. The number of ketones is 1. The number of methoxy groups -OCH3 is 2.